The van der Waals surface area contributed by atoms with Gasteiger partial charge in [-0.3, -0.25) is 0 Å². The molecule has 160 valence electrons. The number of rotatable bonds is 0. The van der Waals surface area contributed by atoms with Crippen LogP contribution >= 0.6 is 0 Å². The van der Waals surface area contributed by atoms with Crippen molar-refractivity contribution in [1.82, 2.24) is 0 Å². The van der Waals surface area contributed by atoms with Gasteiger partial charge in [0.1, 0.15) is 28.7 Å². The smallest absolute Gasteiger partial charge is 0.161 e. The summed E-state index contributed by atoms with van der Waals surface area (Å²) in [4.78, 5) is 0. The summed E-state index contributed by atoms with van der Waals surface area (Å²) in [6.45, 7) is 8.00. The topological polar surface area (TPSA) is 142 Å². The zero-order chi connectivity index (χ0) is 22.8. The maximum Gasteiger partial charge on any atom is 0.161 e. The van der Waals surface area contributed by atoms with Gasteiger partial charge in [-0.1, -0.05) is 27.7 Å². The summed E-state index contributed by atoms with van der Waals surface area (Å²) in [6.07, 6.45) is 0. The van der Waals surface area contributed by atoms with Gasteiger partial charge in [-0.2, -0.15) is 0 Å². The minimum Gasteiger partial charge on any atom is -0.508 e. The first-order valence-corrected chi connectivity index (χ1v) is 8.95. The lowest BCUT2D eigenvalue weighted by Crippen LogP contribution is -1.66. The minimum absolute atomic E-state index is 0.0645. The maximum absolute atomic E-state index is 8.69. The minimum atomic E-state index is -0.310. The highest BCUT2D eigenvalue weighted by atomic mass is 16.3. The molecule has 7 nitrogen and oxygen atoms in total. The third-order valence-corrected chi connectivity index (χ3v) is 2.66. The average molecular weight is 406 g/mol. The highest BCUT2D eigenvalue weighted by Crippen LogP contribution is 2.27. The largest absolute Gasteiger partial charge is 0.508 e. The van der Waals surface area contributed by atoms with Crippen molar-refractivity contribution < 1.29 is 35.7 Å². The molecule has 0 bridgehead atoms. The van der Waals surface area contributed by atoms with Gasteiger partial charge < -0.3 is 35.7 Å². The highest BCUT2D eigenvalue weighted by molar-refractivity contribution is 5.42. The molecule has 0 aliphatic heterocycles. The molecule has 7 N–H and O–H groups in total. The Balaban J connectivity index is 0. The van der Waals surface area contributed by atoms with Gasteiger partial charge in [0.25, 0.3) is 0 Å². The van der Waals surface area contributed by atoms with Crippen LogP contribution < -0.4 is 0 Å². The van der Waals surface area contributed by atoms with E-state index in [1.54, 1.807) is 0 Å². The first kappa shape index (κ1) is 27.5. The van der Waals surface area contributed by atoms with Gasteiger partial charge in [0.05, 0.1) is 0 Å². The van der Waals surface area contributed by atoms with Crippen molar-refractivity contribution in [2.45, 2.75) is 27.7 Å². The molecule has 0 spiro atoms. The summed E-state index contributed by atoms with van der Waals surface area (Å²) in [5.41, 5.74) is 0. The Morgan fingerprint density at radius 3 is 0.793 bits per heavy atom. The summed E-state index contributed by atoms with van der Waals surface area (Å²) < 4.78 is 0. The molecule has 0 heterocycles. The van der Waals surface area contributed by atoms with Crippen LogP contribution in [0.5, 0.6) is 40.2 Å². The zero-order valence-corrected chi connectivity index (χ0v) is 17.0. The SMILES string of the molecule is CC.CC.Oc1ccc(O)c(O)c1.Oc1ccc(O)cc1.Oc1ccc(O)cc1. The molecule has 0 amide bonds. The van der Waals surface area contributed by atoms with Gasteiger partial charge in [0, 0.05) is 6.07 Å². The van der Waals surface area contributed by atoms with E-state index < -0.39 is 0 Å². The number of benzene rings is 3. The molecule has 0 saturated carbocycles. The second-order valence-electron chi connectivity index (χ2n) is 4.71. The molecule has 3 rings (SSSR count). The first-order valence-electron chi connectivity index (χ1n) is 8.95. The van der Waals surface area contributed by atoms with Crippen molar-refractivity contribution in [2.75, 3.05) is 0 Å². The molecule has 3 aromatic rings. The lowest BCUT2D eigenvalue weighted by atomic mass is 10.3. The van der Waals surface area contributed by atoms with Gasteiger partial charge in [-0.05, 0) is 60.7 Å². The van der Waals surface area contributed by atoms with E-state index in [0.717, 1.165) is 6.07 Å². The van der Waals surface area contributed by atoms with E-state index in [2.05, 4.69) is 0 Å². The molecule has 0 atom stereocenters. The van der Waals surface area contributed by atoms with Crippen LogP contribution in [0.2, 0.25) is 0 Å². The molecule has 0 radical (unpaired) electrons. The van der Waals surface area contributed by atoms with Gasteiger partial charge in [0.2, 0.25) is 0 Å². The second-order valence-corrected chi connectivity index (χ2v) is 4.71. The Kier molecular flexibility index (Phi) is 15.6. The van der Waals surface area contributed by atoms with E-state index in [1.165, 1.54) is 60.7 Å². The molecule has 3 aromatic carbocycles. The predicted octanol–water partition coefficient (Wildman–Crippen LogP) is 5.05. The van der Waals surface area contributed by atoms with E-state index in [0.29, 0.717) is 0 Å². The van der Waals surface area contributed by atoms with E-state index in [-0.39, 0.29) is 40.2 Å². The Bertz CT molecular complexity index is 685. The number of hydrogen-bond acceptors (Lipinski definition) is 7. The van der Waals surface area contributed by atoms with Crippen LogP contribution in [0, 0.1) is 0 Å². The fraction of sp³-hybridized carbons (Fsp3) is 0.182. The normalized spacial score (nSPS) is 8.28. The first-order chi connectivity index (χ1) is 13.8. The number of aromatic hydroxyl groups is 7. The lowest BCUT2D eigenvalue weighted by Gasteiger charge is -1.95. The fourth-order valence-corrected chi connectivity index (χ4v) is 1.42. The second kappa shape index (κ2) is 16.4. The summed E-state index contributed by atoms with van der Waals surface area (Å²) in [7, 11) is 0. The Labute approximate surface area is 171 Å². The van der Waals surface area contributed by atoms with E-state index >= 15 is 0 Å². The molecule has 0 fully saturated rings. The summed E-state index contributed by atoms with van der Waals surface area (Å²) in [6, 6.07) is 15.0. The monoisotopic (exact) mass is 406 g/mol. The van der Waals surface area contributed by atoms with Crippen LogP contribution in [-0.4, -0.2) is 35.7 Å². The van der Waals surface area contributed by atoms with E-state index in [4.69, 9.17) is 35.7 Å². The van der Waals surface area contributed by atoms with Crippen LogP contribution in [0.1, 0.15) is 27.7 Å². The molecular formula is C22H30O7. The quantitative estimate of drug-likeness (QED) is 0.204. The van der Waals surface area contributed by atoms with Crippen LogP contribution in [-0.2, 0) is 0 Å². The van der Waals surface area contributed by atoms with Crippen LogP contribution in [0.3, 0.4) is 0 Å². The molecule has 0 aliphatic rings. The van der Waals surface area contributed by atoms with Gasteiger partial charge in [0.15, 0.2) is 11.5 Å². The van der Waals surface area contributed by atoms with Crippen molar-refractivity contribution in [3.8, 4) is 40.2 Å². The molecule has 0 saturated heterocycles. The summed E-state index contributed by atoms with van der Waals surface area (Å²) >= 11 is 0. The van der Waals surface area contributed by atoms with Crippen molar-refractivity contribution in [2.24, 2.45) is 0 Å². The molecule has 29 heavy (non-hydrogen) atoms. The maximum atomic E-state index is 8.69. The molecule has 0 unspecified atom stereocenters. The molecular weight excluding hydrogens is 376 g/mol. The van der Waals surface area contributed by atoms with E-state index in [9.17, 15) is 0 Å². The number of phenols is 7. The molecule has 7 heteroatoms. The lowest BCUT2D eigenvalue weighted by molar-refractivity contribution is 0.396. The van der Waals surface area contributed by atoms with Crippen LogP contribution in [0.4, 0.5) is 0 Å². The molecule has 0 aromatic heterocycles. The summed E-state index contributed by atoms with van der Waals surface area (Å²) in [5, 5.41) is 60.6. The van der Waals surface area contributed by atoms with Crippen LogP contribution in [0.25, 0.3) is 0 Å². The van der Waals surface area contributed by atoms with Crippen LogP contribution in [0.15, 0.2) is 66.7 Å². The zero-order valence-electron chi connectivity index (χ0n) is 17.0. The van der Waals surface area contributed by atoms with E-state index in [1.807, 2.05) is 27.7 Å². The Hall–Kier alpha value is -3.74. The van der Waals surface area contributed by atoms with Gasteiger partial charge in [-0.25, -0.2) is 0 Å². The Morgan fingerprint density at radius 2 is 0.586 bits per heavy atom. The highest BCUT2D eigenvalue weighted by Gasteiger charge is 1.96. The third-order valence-electron chi connectivity index (χ3n) is 2.66. The van der Waals surface area contributed by atoms with Crippen molar-refractivity contribution in [1.29, 1.82) is 0 Å². The van der Waals surface area contributed by atoms with Gasteiger partial charge in [-0.15, -0.1) is 0 Å². The molecule has 0 aliphatic carbocycles. The number of phenolic OH excluding ortho intramolecular Hbond substituents is 7. The Morgan fingerprint density at radius 1 is 0.345 bits per heavy atom. The summed E-state index contributed by atoms with van der Waals surface area (Å²) in [5.74, 6) is 0.0734. The van der Waals surface area contributed by atoms with Crippen molar-refractivity contribution in [3.63, 3.8) is 0 Å². The fourth-order valence-electron chi connectivity index (χ4n) is 1.42. The van der Waals surface area contributed by atoms with Crippen molar-refractivity contribution >= 4 is 0 Å². The number of hydrogen-bond donors (Lipinski definition) is 7. The van der Waals surface area contributed by atoms with Gasteiger partial charge >= 0.3 is 0 Å². The average Bonchev–Trinajstić information content (AvgIpc) is 2.73. The third kappa shape index (κ3) is 14.0. The van der Waals surface area contributed by atoms with Crippen molar-refractivity contribution in [3.05, 3.63) is 66.7 Å². The predicted molar refractivity (Wildman–Crippen MR) is 114 cm³/mol. The standard InChI is InChI=1S/C6H6O3.2C6H6O2.2C2H6/c7-4-1-2-5(8)6(9)3-4;2*7-5-1-2-6(8)4-3-5;2*1-2/h1-3,7-9H;2*1-4,7-8H;2*1-2H3.